The van der Waals surface area contributed by atoms with Crippen LogP contribution in [0.4, 0.5) is 10.1 Å². The lowest BCUT2D eigenvalue weighted by Crippen LogP contribution is -2.31. The van der Waals surface area contributed by atoms with Crippen LogP contribution in [0.25, 0.3) is 0 Å². The molecule has 5 nitrogen and oxygen atoms in total. The Hall–Kier alpha value is -2.50. The minimum atomic E-state index is -1.54. The minimum absolute atomic E-state index is 0.266. The van der Waals surface area contributed by atoms with Gasteiger partial charge in [0.25, 0.3) is 11.8 Å². The molecule has 0 bridgehead atoms. The van der Waals surface area contributed by atoms with Crippen molar-refractivity contribution in [2.75, 3.05) is 4.90 Å². The molecule has 0 spiro atoms. The molecule has 86 valence electrons. The number of nitrogens with zero attached hydrogens (tertiary/aromatic N) is 1. The van der Waals surface area contributed by atoms with E-state index in [0.717, 1.165) is 18.2 Å². The third kappa shape index (κ3) is 1.69. The molecule has 1 aliphatic heterocycles. The first-order chi connectivity index (χ1) is 8.02. The number of hydrogen-bond donors (Lipinski definition) is 1. The van der Waals surface area contributed by atoms with E-state index in [1.54, 1.807) is 0 Å². The summed E-state index contributed by atoms with van der Waals surface area (Å²) >= 11 is 0. The first-order valence-electron chi connectivity index (χ1n) is 4.60. The molecule has 17 heavy (non-hydrogen) atoms. The molecule has 2 amide bonds. The fourth-order valence-corrected chi connectivity index (χ4v) is 1.55. The van der Waals surface area contributed by atoms with Crippen LogP contribution in [0, 0.1) is 5.82 Å². The first kappa shape index (κ1) is 11.0. The summed E-state index contributed by atoms with van der Waals surface area (Å²) in [4.78, 5) is 34.3. The standard InChI is InChI=1S/C11H6FNO4/c12-6-2-1-3-7(10(6)11(16)17)13-8(14)4-5-9(13)15/h1-5H,(H,16,17). The minimum Gasteiger partial charge on any atom is -0.478 e. The van der Waals surface area contributed by atoms with E-state index in [-0.39, 0.29) is 5.69 Å². The number of carboxylic acid groups (broad SMARTS) is 1. The Morgan fingerprint density at radius 2 is 1.76 bits per heavy atom. The quantitative estimate of drug-likeness (QED) is 0.774. The molecule has 1 N–H and O–H groups in total. The molecule has 6 heteroatoms. The van der Waals surface area contributed by atoms with Crippen molar-refractivity contribution in [2.24, 2.45) is 0 Å². The van der Waals surface area contributed by atoms with Crippen LogP contribution in [0.15, 0.2) is 30.4 Å². The van der Waals surface area contributed by atoms with E-state index in [0.29, 0.717) is 4.90 Å². The third-order valence-electron chi connectivity index (χ3n) is 2.26. The first-order valence-corrected chi connectivity index (χ1v) is 4.60. The van der Waals surface area contributed by atoms with Gasteiger partial charge in [-0.3, -0.25) is 9.59 Å². The number of carbonyl (C=O) groups is 3. The molecule has 0 unspecified atom stereocenters. The van der Waals surface area contributed by atoms with Crippen molar-refractivity contribution in [2.45, 2.75) is 0 Å². The van der Waals surface area contributed by atoms with Crippen molar-refractivity contribution < 1.29 is 23.9 Å². The predicted octanol–water partition coefficient (Wildman–Crippen LogP) is 0.953. The van der Waals surface area contributed by atoms with E-state index >= 15 is 0 Å². The lowest BCUT2D eigenvalue weighted by Gasteiger charge is -2.16. The van der Waals surface area contributed by atoms with Crippen LogP contribution in [-0.2, 0) is 9.59 Å². The number of imide groups is 1. The number of rotatable bonds is 2. The zero-order chi connectivity index (χ0) is 12.6. The number of benzene rings is 1. The molecule has 2 rings (SSSR count). The zero-order valence-corrected chi connectivity index (χ0v) is 8.38. The second kappa shape index (κ2) is 3.82. The molecule has 0 radical (unpaired) electrons. The summed E-state index contributed by atoms with van der Waals surface area (Å²) in [5.41, 5.74) is -0.963. The summed E-state index contributed by atoms with van der Waals surface area (Å²) in [6, 6.07) is 3.39. The predicted molar refractivity (Wildman–Crippen MR) is 55.0 cm³/mol. The van der Waals surface area contributed by atoms with Crippen molar-refractivity contribution in [3.8, 4) is 0 Å². The number of carbonyl (C=O) groups excluding carboxylic acids is 2. The van der Waals surface area contributed by atoms with Crippen molar-refractivity contribution in [1.82, 2.24) is 0 Å². The molecule has 1 heterocycles. The summed E-state index contributed by atoms with van der Waals surface area (Å²) in [6.45, 7) is 0. The van der Waals surface area contributed by atoms with Crippen molar-refractivity contribution in [3.63, 3.8) is 0 Å². The van der Waals surface area contributed by atoms with Gasteiger partial charge in [0.2, 0.25) is 0 Å². The molecule has 0 saturated heterocycles. The second-order valence-corrected chi connectivity index (χ2v) is 3.28. The number of hydrogen-bond acceptors (Lipinski definition) is 3. The average Bonchev–Trinajstić information content (AvgIpc) is 2.57. The Labute approximate surface area is 94.8 Å². The Balaban J connectivity index is 2.60. The van der Waals surface area contributed by atoms with Gasteiger partial charge in [0.05, 0.1) is 5.69 Å². The molecule has 0 aromatic heterocycles. The normalized spacial score (nSPS) is 14.5. The van der Waals surface area contributed by atoms with Crippen LogP contribution < -0.4 is 4.90 Å². The average molecular weight is 235 g/mol. The molecule has 0 atom stereocenters. The van der Waals surface area contributed by atoms with Gasteiger partial charge in [-0.15, -0.1) is 0 Å². The van der Waals surface area contributed by atoms with Crippen LogP contribution in [0.5, 0.6) is 0 Å². The van der Waals surface area contributed by atoms with E-state index < -0.39 is 29.2 Å². The van der Waals surface area contributed by atoms with E-state index in [1.807, 2.05) is 0 Å². The number of halogens is 1. The largest absolute Gasteiger partial charge is 0.478 e. The van der Waals surface area contributed by atoms with Crippen LogP contribution in [0.1, 0.15) is 10.4 Å². The van der Waals surface area contributed by atoms with Gasteiger partial charge in [-0.1, -0.05) is 6.07 Å². The van der Waals surface area contributed by atoms with Gasteiger partial charge in [0, 0.05) is 12.2 Å². The van der Waals surface area contributed by atoms with E-state index in [9.17, 15) is 18.8 Å². The van der Waals surface area contributed by atoms with Crippen LogP contribution in [0.2, 0.25) is 0 Å². The van der Waals surface area contributed by atoms with Crippen LogP contribution in [0.3, 0.4) is 0 Å². The van der Waals surface area contributed by atoms with E-state index in [4.69, 9.17) is 5.11 Å². The van der Waals surface area contributed by atoms with Gasteiger partial charge in [0.1, 0.15) is 11.4 Å². The highest BCUT2D eigenvalue weighted by Crippen LogP contribution is 2.25. The highest BCUT2D eigenvalue weighted by Gasteiger charge is 2.30. The molecule has 0 saturated carbocycles. The van der Waals surface area contributed by atoms with E-state index in [2.05, 4.69) is 0 Å². The summed E-state index contributed by atoms with van der Waals surface area (Å²) in [7, 11) is 0. The molecular formula is C11H6FNO4. The topological polar surface area (TPSA) is 74.7 Å². The SMILES string of the molecule is O=C(O)c1c(F)cccc1N1C(=O)C=CC1=O. The lowest BCUT2D eigenvalue weighted by molar-refractivity contribution is -0.119. The summed E-state index contributed by atoms with van der Waals surface area (Å²) in [5, 5.41) is 8.87. The molecule has 1 aromatic rings. The van der Waals surface area contributed by atoms with Gasteiger partial charge in [-0.25, -0.2) is 14.1 Å². The number of aromatic carboxylic acids is 1. The Morgan fingerprint density at radius 1 is 1.18 bits per heavy atom. The Kier molecular flexibility index (Phi) is 2.47. The summed E-state index contributed by atoms with van der Waals surface area (Å²) in [6.07, 6.45) is 2.00. The number of carboxylic acids is 1. The smallest absolute Gasteiger partial charge is 0.340 e. The third-order valence-corrected chi connectivity index (χ3v) is 2.26. The van der Waals surface area contributed by atoms with Crippen molar-refractivity contribution >= 4 is 23.5 Å². The van der Waals surface area contributed by atoms with Crippen molar-refractivity contribution in [1.29, 1.82) is 0 Å². The van der Waals surface area contributed by atoms with Gasteiger partial charge < -0.3 is 5.11 Å². The summed E-state index contributed by atoms with van der Waals surface area (Å²) in [5.74, 6) is -3.92. The van der Waals surface area contributed by atoms with Gasteiger partial charge in [-0.2, -0.15) is 0 Å². The Morgan fingerprint density at radius 3 is 2.29 bits per heavy atom. The maximum Gasteiger partial charge on any atom is 0.340 e. The maximum atomic E-state index is 13.4. The molecule has 0 fully saturated rings. The van der Waals surface area contributed by atoms with E-state index in [1.165, 1.54) is 12.1 Å². The number of anilines is 1. The molecule has 0 aliphatic carbocycles. The summed E-state index contributed by atoms with van der Waals surface area (Å²) < 4.78 is 13.4. The monoisotopic (exact) mass is 235 g/mol. The molecule has 1 aliphatic rings. The number of amides is 2. The lowest BCUT2D eigenvalue weighted by atomic mass is 10.1. The second-order valence-electron chi connectivity index (χ2n) is 3.28. The van der Waals surface area contributed by atoms with Crippen LogP contribution >= 0.6 is 0 Å². The highest BCUT2D eigenvalue weighted by molar-refractivity contribution is 6.29. The fraction of sp³-hybridized carbons (Fsp3) is 0. The van der Waals surface area contributed by atoms with Crippen LogP contribution in [-0.4, -0.2) is 22.9 Å². The van der Waals surface area contributed by atoms with Gasteiger partial charge in [0.15, 0.2) is 0 Å². The Bertz CT molecular complexity index is 547. The van der Waals surface area contributed by atoms with Gasteiger partial charge >= 0.3 is 5.97 Å². The van der Waals surface area contributed by atoms with Gasteiger partial charge in [-0.05, 0) is 12.1 Å². The highest BCUT2D eigenvalue weighted by atomic mass is 19.1. The van der Waals surface area contributed by atoms with Crippen molar-refractivity contribution in [3.05, 3.63) is 41.7 Å². The fourth-order valence-electron chi connectivity index (χ4n) is 1.55. The zero-order valence-electron chi connectivity index (χ0n) is 8.38. The molecular weight excluding hydrogens is 229 g/mol. The molecule has 1 aromatic carbocycles. The maximum absolute atomic E-state index is 13.4.